The van der Waals surface area contributed by atoms with Crippen LogP contribution in [-0.4, -0.2) is 66.1 Å². The van der Waals surface area contributed by atoms with Gasteiger partial charge in [-0.05, 0) is 43.7 Å². The number of carbonyl (C=O) groups excluding carboxylic acids is 1. The maximum absolute atomic E-state index is 12.1. The van der Waals surface area contributed by atoms with E-state index < -0.39 is 12.0 Å². The van der Waals surface area contributed by atoms with Gasteiger partial charge in [-0.3, -0.25) is 9.59 Å². The van der Waals surface area contributed by atoms with Crippen molar-refractivity contribution in [3.05, 3.63) is 23.9 Å². The van der Waals surface area contributed by atoms with Gasteiger partial charge in [-0.2, -0.15) is 0 Å². The molecule has 3 rings (SSSR count). The number of aliphatic carboxylic acids is 1. The number of anilines is 1. The van der Waals surface area contributed by atoms with Gasteiger partial charge in [0.1, 0.15) is 11.9 Å². The van der Waals surface area contributed by atoms with Crippen LogP contribution >= 0.6 is 0 Å². The van der Waals surface area contributed by atoms with Gasteiger partial charge in [-0.1, -0.05) is 0 Å². The Kier molecular flexibility index (Phi) is 4.94. The lowest BCUT2D eigenvalue weighted by Crippen LogP contribution is -2.41. The second-order valence-corrected chi connectivity index (χ2v) is 7.19. The molecule has 2 aliphatic heterocycles. The first-order chi connectivity index (χ1) is 11.9. The molecule has 136 valence electrons. The molecule has 7 nitrogen and oxygen atoms in total. The summed E-state index contributed by atoms with van der Waals surface area (Å²) in [6, 6.07) is 3.33. The van der Waals surface area contributed by atoms with Gasteiger partial charge in [0.05, 0.1) is 5.56 Å². The number of nitrogens with one attached hydrogen (secondary N) is 1. The van der Waals surface area contributed by atoms with Gasteiger partial charge >= 0.3 is 5.97 Å². The Balaban J connectivity index is 1.60. The average molecular weight is 346 g/mol. The number of nitrogens with zero attached hydrogens (tertiary/aromatic N) is 3. The number of carboxylic acid groups (broad SMARTS) is 1. The average Bonchev–Trinajstić information content (AvgIpc) is 3.05. The van der Waals surface area contributed by atoms with E-state index in [0.717, 1.165) is 38.3 Å². The summed E-state index contributed by atoms with van der Waals surface area (Å²) >= 11 is 0. The van der Waals surface area contributed by atoms with Gasteiger partial charge in [0, 0.05) is 39.4 Å². The molecule has 2 saturated heterocycles. The third kappa shape index (κ3) is 3.61. The van der Waals surface area contributed by atoms with Gasteiger partial charge in [0.25, 0.3) is 5.91 Å². The van der Waals surface area contributed by atoms with Gasteiger partial charge in [0.2, 0.25) is 0 Å². The zero-order chi connectivity index (χ0) is 18.0. The van der Waals surface area contributed by atoms with Crippen LogP contribution in [0.3, 0.4) is 0 Å². The molecular weight excluding hydrogens is 320 g/mol. The summed E-state index contributed by atoms with van der Waals surface area (Å²) in [5.74, 6) is 0.112. The number of carboxylic acids is 1. The van der Waals surface area contributed by atoms with Crippen molar-refractivity contribution in [1.82, 2.24) is 15.2 Å². The van der Waals surface area contributed by atoms with Crippen LogP contribution in [0.5, 0.6) is 0 Å². The van der Waals surface area contributed by atoms with Crippen LogP contribution in [0.4, 0.5) is 5.82 Å². The molecule has 1 atom stereocenters. The summed E-state index contributed by atoms with van der Waals surface area (Å²) in [5, 5.41) is 12.3. The van der Waals surface area contributed by atoms with Crippen LogP contribution in [0.1, 0.15) is 36.5 Å². The molecule has 2 N–H and O–H groups in total. The van der Waals surface area contributed by atoms with Gasteiger partial charge in [-0.15, -0.1) is 0 Å². The van der Waals surface area contributed by atoms with E-state index in [-0.39, 0.29) is 11.3 Å². The fraction of sp³-hybridized carbons (Fsp3) is 0.611. The minimum atomic E-state index is -0.752. The third-order valence-electron chi connectivity index (χ3n) is 5.62. The molecule has 0 radical (unpaired) electrons. The molecule has 1 amide bonds. The first kappa shape index (κ1) is 17.7. The summed E-state index contributed by atoms with van der Waals surface area (Å²) < 4.78 is 0. The fourth-order valence-corrected chi connectivity index (χ4v) is 3.75. The molecule has 3 heterocycles. The predicted octanol–water partition coefficient (Wildman–Crippen LogP) is 1.21. The van der Waals surface area contributed by atoms with Crippen LogP contribution in [-0.2, 0) is 4.79 Å². The van der Waals surface area contributed by atoms with Crippen molar-refractivity contribution in [2.24, 2.45) is 5.41 Å². The standard InChI is InChI=1S/C18H26N4O3/c1-3-21(2)16(23)13-4-5-15(19-11-13)22-8-6-18(7-9-22)10-14(17(24)25)20-12-18/h4-5,11,14,20H,3,6-10,12H2,1-2H3,(H,24,25)/t14-/m1/s1. The molecule has 0 aliphatic carbocycles. The zero-order valence-electron chi connectivity index (χ0n) is 14.9. The van der Waals surface area contributed by atoms with Crippen molar-refractivity contribution in [2.75, 3.05) is 38.1 Å². The summed E-state index contributed by atoms with van der Waals surface area (Å²) in [5.41, 5.74) is 0.699. The maximum atomic E-state index is 12.1. The SMILES string of the molecule is CCN(C)C(=O)c1ccc(N2CCC3(CC2)CN[C@@H](C(=O)O)C3)nc1. The molecule has 1 spiro atoms. The van der Waals surface area contributed by atoms with Crippen LogP contribution in [0.2, 0.25) is 0 Å². The summed E-state index contributed by atoms with van der Waals surface area (Å²) in [7, 11) is 1.78. The molecule has 0 aromatic carbocycles. The Labute approximate surface area is 148 Å². The lowest BCUT2D eigenvalue weighted by molar-refractivity contribution is -0.139. The van der Waals surface area contributed by atoms with E-state index in [1.165, 1.54) is 0 Å². The summed E-state index contributed by atoms with van der Waals surface area (Å²) in [4.78, 5) is 31.6. The number of amides is 1. The second-order valence-electron chi connectivity index (χ2n) is 7.19. The van der Waals surface area contributed by atoms with Crippen LogP contribution in [0, 0.1) is 5.41 Å². The normalized spacial score (nSPS) is 22.2. The smallest absolute Gasteiger partial charge is 0.320 e. The second kappa shape index (κ2) is 7.00. The number of rotatable bonds is 4. The number of piperidine rings is 1. The molecular formula is C18H26N4O3. The number of hydrogen-bond acceptors (Lipinski definition) is 5. The van der Waals surface area contributed by atoms with E-state index in [9.17, 15) is 14.7 Å². The monoisotopic (exact) mass is 346 g/mol. The minimum absolute atomic E-state index is 0.0177. The first-order valence-electron chi connectivity index (χ1n) is 8.87. The molecule has 25 heavy (non-hydrogen) atoms. The van der Waals surface area contributed by atoms with Crippen molar-refractivity contribution in [1.29, 1.82) is 0 Å². The van der Waals surface area contributed by atoms with E-state index in [0.29, 0.717) is 18.5 Å². The molecule has 0 unspecified atom stereocenters. The lowest BCUT2D eigenvalue weighted by atomic mass is 9.76. The Hall–Kier alpha value is -2.15. The van der Waals surface area contributed by atoms with E-state index >= 15 is 0 Å². The van der Waals surface area contributed by atoms with E-state index in [1.54, 1.807) is 18.1 Å². The first-order valence-corrected chi connectivity index (χ1v) is 8.87. The van der Waals surface area contributed by atoms with E-state index in [2.05, 4.69) is 15.2 Å². The highest BCUT2D eigenvalue weighted by Crippen LogP contribution is 2.40. The predicted molar refractivity (Wildman–Crippen MR) is 94.8 cm³/mol. The van der Waals surface area contributed by atoms with Gasteiger partial charge < -0.3 is 20.2 Å². The number of hydrogen-bond donors (Lipinski definition) is 2. The zero-order valence-corrected chi connectivity index (χ0v) is 14.9. The number of carbonyl (C=O) groups is 2. The maximum Gasteiger partial charge on any atom is 0.320 e. The van der Waals surface area contributed by atoms with Gasteiger partial charge in [0.15, 0.2) is 0 Å². The fourth-order valence-electron chi connectivity index (χ4n) is 3.75. The van der Waals surface area contributed by atoms with E-state index in [1.807, 2.05) is 19.1 Å². The quantitative estimate of drug-likeness (QED) is 0.852. The highest BCUT2D eigenvalue weighted by Gasteiger charge is 2.43. The lowest BCUT2D eigenvalue weighted by Gasteiger charge is -2.39. The van der Waals surface area contributed by atoms with Crippen LogP contribution in [0.15, 0.2) is 18.3 Å². The van der Waals surface area contributed by atoms with Crippen molar-refractivity contribution >= 4 is 17.7 Å². The molecule has 0 bridgehead atoms. The van der Waals surface area contributed by atoms with Crippen LogP contribution in [0.25, 0.3) is 0 Å². The molecule has 1 aromatic heterocycles. The Morgan fingerprint density at radius 1 is 1.40 bits per heavy atom. The highest BCUT2D eigenvalue weighted by molar-refractivity contribution is 5.93. The highest BCUT2D eigenvalue weighted by atomic mass is 16.4. The summed E-state index contributed by atoms with van der Waals surface area (Å²) in [6.07, 6.45) is 4.28. The largest absolute Gasteiger partial charge is 0.480 e. The van der Waals surface area contributed by atoms with Crippen molar-refractivity contribution < 1.29 is 14.7 Å². The molecule has 1 aromatic rings. The van der Waals surface area contributed by atoms with E-state index in [4.69, 9.17) is 0 Å². The Bertz CT molecular complexity index is 638. The van der Waals surface area contributed by atoms with Crippen molar-refractivity contribution in [3.63, 3.8) is 0 Å². The van der Waals surface area contributed by atoms with Gasteiger partial charge in [-0.25, -0.2) is 4.98 Å². The molecule has 2 aliphatic rings. The molecule has 0 saturated carbocycles. The van der Waals surface area contributed by atoms with Crippen molar-refractivity contribution in [2.45, 2.75) is 32.2 Å². The Morgan fingerprint density at radius 2 is 2.12 bits per heavy atom. The Morgan fingerprint density at radius 3 is 2.64 bits per heavy atom. The molecule has 7 heteroatoms. The minimum Gasteiger partial charge on any atom is -0.480 e. The number of aromatic nitrogens is 1. The topological polar surface area (TPSA) is 85.8 Å². The summed E-state index contributed by atoms with van der Waals surface area (Å²) in [6.45, 7) is 5.12. The number of pyridine rings is 1. The third-order valence-corrected chi connectivity index (χ3v) is 5.62. The van der Waals surface area contributed by atoms with Crippen molar-refractivity contribution in [3.8, 4) is 0 Å². The molecule has 2 fully saturated rings. The van der Waals surface area contributed by atoms with Crippen LogP contribution < -0.4 is 10.2 Å².